The third kappa shape index (κ3) is 2.82. The highest BCUT2D eigenvalue weighted by atomic mass is 14.7. The summed E-state index contributed by atoms with van der Waals surface area (Å²) in [5.74, 6) is 1.63. The van der Waals surface area contributed by atoms with Crippen LogP contribution >= 0.6 is 0 Å². The normalized spacial score (nSPS) is 26.9. The Morgan fingerprint density at radius 3 is 2.94 bits per heavy atom. The van der Waals surface area contributed by atoms with E-state index in [0.29, 0.717) is 12.0 Å². The number of hydrogen-bond donors (Lipinski definition) is 1. The summed E-state index contributed by atoms with van der Waals surface area (Å²) in [4.78, 5) is 4.35. The van der Waals surface area contributed by atoms with Crippen molar-refractivity contribution in [2.45, 2.75) is 45.1 Å². The summed E-state index contributed by atoms with van der Waals surface area (Å²) in [5, 5.41) is 0. The van der Waals surface area contributed by atoms with Gasteiger partial charge in [0.2, 0.25) is 0 Å². The first kappa shape index (κ1) is 11.6. The average molecular weight is 218 g/mol. The molecule has 1 aliphatic rings. The Hall–Kier alpha value is -0.890. The minimum absolute atomic E-state index is 0.298. The molecule has 2 heteroatoms. The summed E-state index contributed by atoms with van der Waals surface area (Å²) in [7, 11) is 0. The fourth-order valence-corrected chi connectivity index (χ4v) is 2.80. The molecule has 3 unspecified atom stereocenters. The zero-order valence-electron chi connectivity index (χ0n) is 10.1. The Bertz CT molecular complexity index is 310. The van der Waals surface area contributed by atoms with Crippen molar-refractivity contribution in [2.75, 3.05) is 0 Å². The largest absolute Gasteiger partial charge is 0.327 e. The van der Waals surface area contributed by atoms with Crippen molar-refractivity contribution >= 4 is 0 Å². The van der Waals surface area contributed by atoms with E-state index >= 15 is 0 Å². The van der Waals surface area contributed by atoms with E-state index in [2.05, 4.69) is 18.0 Å². The molecule has 1 saturated carbocycles. The molecule has 0 bridgehead atoms. The molecule has 0 amide bonds. The lowest BCUT2D eigenvalue weighted by Crippen LogP contribution is -2.31. The van der Waals surface area contributed by atoms with E-state index in [-0.39, 0.29) is 0 Å². The van der Waals surface area contributed by atoms with Gasteiger partial charge in [0, 0.05) is 24.4 Å². The van der Waals surface area contributed by atoms with Gasteiger partial charge in [-0.1, -0.05) is 25.8 Å². The van der Waals surface area contributed by atoms with Crippen molar-refractivity contribution in [2.24, 2.45) is 17.6 Å². The van der Waals surface area contributed by atoms with Crippen LogP contribution in [0.25, 0.3) is 0 Å². The van der Waals surface area contributed by atoms with Gasteiger partial charge in [0.25, 0.3) is 0 Å². The zero-order valence-corrected chi connectivity index (χ0v) is 10.1. The van der Waals surface area contributed by atoms with Gasteiger partial charge in [-0.15, -0.1) is 0 Å². The van der Waals surface area contributed by atoms with E-state index in [1.54, 1.807) is 0 Å². The van der Waals surface area contributed by atoms with Gasteiger partial charge in [0.15, 0.2) is 0 Å². The van der Waals surface area contributed by atoms with Gasteiger partial charge in [-0.25, -0.2) is 0 Å². The first-order valence-electron chi connectivity index (χ1n) is 6.45. The van der Waals surface area contributed by atoms with Crippen LogP contribution in [-0.4, -0.2) is 11.0 Å². The van der Waals surface area contributed by atoms with Crippen LogP contribution in [0.15, 0.2) is 24.4 Å². The molecule has 1 fully saturated rings. The number of hydrogen-bond acceptors (Lipinski definition) is 2. The minimum atomic E-state index is 0.298. The van der Waals surface area contributed by atoms with E-state index in [0.717, 1.165) is 18.0 Å². The second-order valence-corrected chi connectivity index (χ2v) is 5.04. The van der Waals surface area contributed by atoms with Crippen LogP contribution in [0.3, 0.4) is 0 Å². The lowest BCUT2D eigenvalue weighted by atomic mass is 9.93. The average Bonchev–Trinajstić information content (AvgIpc) is 2.79. The molecular formula is C14H22N2. The molecule has 1 aliphatic carbocycles. The van der Waals surface area contributed by atoms with Crippen molar-refractivity contribution in [1.29, 1.82) is 0 Å². The van der Waals surface area contributed by atoms with Crippen LogP contribution < -0.4 is 5.73 Å². The predicted molar refractivity (Wildman–Crippen MR) is 67.0 cm³/mol. The summed E-state index contributed by atoms with van der Waals surface area (Å²) in [6, 6.07) is 6.37. The maximum absolute atomic E-state index is 6.29. The van der Waals surface area contributed by atoms with Crippen molar-refractivity contribution in [3.05, 3.63) is 30.1 Å². The number of pyridine rings is 1. The van der Waals surface area contributed by atoms with Gasteiger partial charge in [-0.05, 0) is 36.8 Å². The monoisotopic (exact) mass is 218 g/mol. The first-order valence-corrected chi connectivity index (χ1v) is 6.45. The van der Waals surface area contributed by atoms with Crippen molar-refractivity contribution in [3.8, 4) is 0 Å². The SMILES string of the molecule is CCC1CCC(C(N)Cc2ccccn2)C1. The summed E-state index contributed by atoms with van der Waals surface area (Å²) in [5.41, 5.74) is 7.42. The van der Waals surface area contributed by atoms with Crippen molar-refractivity contribution in [1.82, 2.24) is 4.98 Å². The summed E-state index contributed by atoms with van der Waals surface area (Å²) in [6.45, 7) is 2.29. The van der Waals surface area contributed by atoms with E-state index in [1.165, 1.54) is 25.7 Å². The van der Waals surface area contributed by atoms with Gasteiger partial charge in [-0.3, -0.25) is 4.98 Å². The zero-order chi connectivity index (χ0) is 11.4. The maximum Gasteiger partial charge on any atom is 0.0419 e. The van der Waals surface area contributed by atoms with Gasteiger partial charge >= 0.3 is 0 Å². The third-order valence-corrected chi connectivity index (χ3v) is 3.94. The topological polar surface area (TPSA) is 38.9 Å². The fourth-order valence-electron chi connectivity index (χ4n) is 2.80. The number of nitrogens with zero attached hydrogens (tertiary/aromatic N) is 1. The Kier molecular flexibility index (Phi) is 3.94. The van der Waals surface area contributed by atoms with Crippen LogP contribution in [0, 0.1) is 11.8 Å². The molecule has 0 aliphatic heterocycles. The van der Waals surface area contributed by atoms with Gasteiger partial charge in [0.05, 0.1) is 0 Å². The lowest BCUT2D eigenvalue weighted by Gasteiger charge is -2.18. The molecule has 16 heavy (non-hydrogen) atoms. The molecular weight excluding hydrogens is 196 g/mol. The molecule has 0 spiro atoms. The van der Waals surface area contributed by atoms with Gasteiger partial charge in [0.1, 0.15) is 0 Å². The molecule has 1 aromatic rings. The molecule has 1 heterocycles. The highest BCUT2D eigenvalue weighted by Gasteiger charge is 2.28. The highest BCUT2D eigenvalue weighted by Crippen LogP contribution is 2.34. The second kappa shape index (κ2) is 5.44. The molecule has 0 aromatic carbocycles. The van der Waals surface area contributed by atoms with Crippen molar-refractivity contribution < 1.29 is 0 Å². The lowest BCUT2D eigenvalue weighted by molar-refractivity contribution is 0.403. The number of aromatic nitrogens is 1. The Balaban J connectivity index is 1.87. The van der Waals surface area contributed by atoms with Crippen LogP contribution in [0.1, 0.15) is 38.3 Å². The van der Waals surface area contributed by atoms with Crippen molar-refractivity contribution in [3.63, 3.8) is 0 Å². The van der Waals surface area contributed by atoms with Gasteiger partial charge in [-0.2, -0.15) is 0 Å². The quantitative estimate of drug-likeness (QED) is 0.844. The Labute approximate surface area is 98.3 Å². The maximum atomic E-state index is 6.29. The molecule has 0 radical (unpaired) electrons. The molecule has 3 atom stereocenters. The first-order chi connectivity index (χ1) is 7.79. The van der Waals surface area contributed by atoms with E-state index in [4.69, 9.17) is 5.73 Å². The third-order valence-electron chi connectivity index (χ3n) is 3.94. The molecule has 0 saturated heterocycles. The molecule has 2 N–H and O–H groups in total. The molecule has 1 aromatic heterocycles. The minimum Gasteiger partial charge on any atom is -0.327 e. The Morgan fingerprint density at radius 2 is 2.31 bits per heavy atom. The molecule has 2 rings (SSSR count). The summed E-state index contributed by atoms with van der Waals surface area (Å²) < 4.78 is 0. The standard InChI is InChI=1S/C14H22N2/c1-2-11-6-7-12(9-11)14(15)10-13-5-3-4-8-16-13/h3-5,8,11-12,14H,2,6-7,9-10,15H2,1H3. The molecule has 2 nitrogen and oxygen atoms in total. The smallest absolute Gasteiger partial charge is 0.0419 e. The summed E-state index contributed by atoms with van der Waals surface area (Å²) in [6.07, 6.45) is 8.11. The van der Waals surface area contributed by atoms with Crippen LogP contribution in [0.5, 0.6) is 0 Å². The number of nitrogens with two attached hydrogens (primary N) is 1. The van der Waals surface area contributed by atoms with E-state index in [9.17, 15) is 0 Å². The van der Waals surface area contributed by atoms with Gasteiger partial charge < -0.3 is 5.73 Å². The van der Waals surface area contributed by atoms with E-state index < -0.39 is 0 Å². The van der Waals surface area contributed by atoms with Crippen LogP contribution in [-0.2, 0) is 6.42 Å². The summed E-state index contributed by atoms with van der Waals surface area (Å²) >= 11 is 0. The van der Waals surface area contributed by atoms with E-state index in [1.807, 2.05) is 18.3 Å². The Morgan fingerprint density at radius 1 is 1.44 bits per heavy atom. The second-order valence-electron chi connectivity index (χ2n) is 5.04. The fraction of sp³-hybridized carbons (Fsp3) is 0.643. The van der Waals surface area contributed by atoms with Crippen LogP contribution in [0.2, 0.25) is 0 Å². The molecule has 88 valence electrons. The highest BCUT2D eigenvalue weighted by molar-refractivity contribution is 5.05. The van der Waals surface area contributed by atoms with Crippen LogP contribution in [0.4, 0.5) is 0 Å². The predicted octanol–water partition coefficient (Wildman–Crippen LogP) is 2.78. The number of rotatable bonds is 4.